The molecule has 0 aliphatic rings. The first kappa shape index (κ1) is 55.8. The van der Waals surface area contributed by atoms with Gasteiger partial charge in [0.2, 0.25) is 20.0 Å². The van der Waals surface area contributed by atoms with Crippen molar-refractivity contribution in [3.63, 3.8) is 0 Å². The third-order valence-corrected chi connectivity index (χ3v) is 16.6. The Bertz CT molecular complexity index is 1190. The number of hydrogen-bond acceptors (Lipinski definition) is 8. The largest absolute Gasteiger partial charge is 0.232 e. The fourth-order valence-corrected chi connectivity index (χ4v) is 12.7. The van der Waals surface area contributed by atoms with E-state index in [4.69, 9.17) is 21.0 Å². The second-order valence-corrected chi connectivity index (χ2v) is 20.9. The summed E-state index contributed by atoms with van der Waals surface area (Å²) in [4.78, 5) is 0. The van der Waals surface area contributed by atoms with Gasteiger partial charge in [-0.2, -0.15) is 21.0 Å². The van der Waals surface area contributed by atoms with E-state index in [9.17, 15) is 16.8 Å². The zero-order valence-corrected chi connectivity index (χ0v) is 38.6. The third kappa shape index (κ3) is 29.9. The van der Waals surface area contributed by atoms with Crippen LogP contribution in [0.3, 0.4) is 0 Å². The van der Waals surface area contributed by atoms with E-state index in [2.05, 4.69) is 31.2 Å². The molecule has 0 saturated carbocycles. The van der Waals surface area contributed by atoms with Crippen molar-refractivity contribution in [3.8, 4) is 24.3 Å². The molecule has 334 valence electrons. The van der Waals surface area contributed by atoms with Crippen LogP contribution in [0.25, 0.3) is 0 Å². The predicted octanol–water partition coefficient (Wildman–Crippen LogP) is 12.7. The Hall–Kier alpha value is -2.22. The van der Waals surface area contributed by atoms with E-state index in [0.29, 0.717) is 84.0 Å². The van der Waals surface area contributed by atoms with Gasteiger partial charge >= 0.3 is 0 Å². The summed E-state index contributed by atoms with van der Waals surface area (Å²) in [5, 5.41) is 35.2. The molecule has 12 heteroatoms. The zero-order valence-electron chi connectivity index (χ0n) is 37.0. The fraction of sp³-hybridized carbons (Fsp3) is 0.913. The Kier molecular flexibility index (Phi) is 38.7. The lowest BCUT2D eigenvalue weighted by Crippen LogP contribution is -2.49. The van der Waals surface area contributed by atoms with Gasteiger partial charge in [-0.15, -0.1) is 0 Å². The molecular formula is C46H84N6O4S2. The van der Waals surface area contributed by atoms with Gasteiger partial charge in [-0.25, -0.2) is 25.4 Å². The molecule has 0 heterocycles. The van der Waals surface area contributed by atoms with Gasteiger partial charge in [-0.1, -0.05) is 155 Å². The average molecular weight is 849 g/mol. The van der Waals surface area contributed by atoms with Crippen LogP contribution in [0.2, 0.25) is 0 Å². The molecule has 0 aliphatic heterocycles. The van der Waals surface area contributed by atoms with E-state index in [-0.39, 0.29) is 6.42 Å². The van der Waals surface area contributed by atoms with Gasteiger partial charge in [-0.3, -0.25) is 0 Å². The van der Waals surface area contributed by atoms with E-state index in [1.807, 2.05) is 0 Å². The molecule has 0 unspecified atom stereocenters. The van der Waals surface area contributed by atoms with Gasteiger partial charge in [0.05, 0.1) is 24.3 Å². The molecule has 0 aliphatic carbocycles. The second-order valence-electron chi connectivity index (χ2n) is 16.3. The van der Waals surface area contributed by atoms with Crippen LogP contribution in [0.5, 0.6) is 0 Å². The number of nitriles is 4. The van der Waals surface area contributed by atoms with Gasteiger partial charge in [0, 0.05) is 51.9 Å². The minimum absolute atomic E-state index is 0.113. The van der Waals surface area contributed by atoms with Crippen molar-refractivity contribution < 1.29 is 16.8 Å². The highest BCUT2D eigenvalue weighted by Crippen LogP contribution is 2.27. The van der Waals surface area contributed by atoms with E-state index in [1.54, 1.807) is 0 Å². The highest BCUT2D eigenvalue weighted by Gasteiger charge is 2.43. The first-order chi connectivity index (χ1) is 28.2. The van der Waals surface area contributed by atoms with Crippen LogP contribution in [0.15, 0.2) is 0 Å². The minimum atomic E-state index is -4.17. The van der Waals surface area contributed by atoms with Gasteiger partial charge in [-0.05, 0) is 57.8 Å². The Balaban J connectivity index is 5.99. The average Bonchev–Trinajstić information content (AvgIpc) is 3.20. The van der Waals surface area contributed by atoms with Gasteiger partial charge in [0.15, 0.2) is 4.58 Å². The van der Waals surface area contributed by atoms with E-state index in [1.165, 1.54) is 8.61 Å². The zero-order chi connectivity index (χ0) is 42.8. The summed E-state index contributed by atoms with van der Waals surface area (Å²) in [5.41, 5.74) is 0. The predicted molar refractivity (Wildman–Crippen MR) is 239 cm³/mol. The Labute approximate surface area is 358 Å². The summed E-state index contributed by atoms with van der Waals surface area (Å²) in [6, 6.07) is 8.80. The number of sulfonamides is 2. The molecule has 10 nitrogen and oxygen atoms in total. The van der Waals surface area contributed by atoms with E-state index < -0.39 is 24.6 Å². The van der Waals surface area contributed by atoms with Crippen LogP contribution in [0.1, 0.15) is 238 Å². The second kappa shape index (κ2) is 40.2. The fourth-order valence-electron chi connectivity index (χ4n) is 7.58. The first-order valence-corrected chi connectivity index (χ1v) is 26.7. The molecular weight excluding hydrogens is 765 g/mol. The van der Waals surface area contributed by atoms with Crippen molar-refractivity contribution in [2.75, 3.05) is 26.2 Å². The topological polar surface area (TPSA) is 170 Å². The lowest BCUT2D eigenvalue weighted by molar-refractivity contribution is 0.367. The summed E-state index contributed by atoms with van der Waals surface area (Å²) in [6.07, 6.45) is 31.3. The summed E-state index contributed by atoms with van der Waals surface area (Å²) >= 11 is 0. The quantitative estimate of drug-likeness (QED) is 0.0545. The highest BCUT2D eigenvalue weighted by atomic mass is 32.3. The van der Waals surface area contributed by atoms with Crippen molar-refractivity contribution in [1.29, 1.82) is 21.0 Å². The maximum absolute atomic E-state index is 14.8. The number of hydrogen-bond donors (Lipinski definition) is 0. The SMILES string of the molecule is CCCCCC(S(=O)(=O)N(CCCCCCCCCC#N)CCCCCCCCCC#N)S(=O)(=O)N(CCCCCCCCCC#N)CCCCCCCCCC#N. The normalized spacial score (nSPS) is 11.9. The van der Waals surface area contributed by atoms with Crippen LogP contribution in [0, 0.1) is 45.3 Å². The van der Waals surface area contributed by atoms with Crippen LogP contribution in [-0.4, -0.2) is 56.2 Å². The Morgan fingerprint density at radius 2 is 0.569 bits per heavy atom. The van der Waals surface area contributed by atoms with Crippen LogP contribution >= 0.6 is 0 Å². The molecule has 0 aromatic rings. The van der Waals surface area contributed by atoms with Gasteiger partial charge < -0.3 is 0 Å². The van der Waals surface area contributed by atoms with E-state index >= 15 is 0 Å². The van der Waals surface area contributed by atoms with Gasteiger partial charge in [0.1, 0.15) is 0 Å². The standard InChI is InChI=1S/C46H84N6O4S2/c1-2-3-28-37-46(57(53,54)51(42-33-24-16-8-4-12-20-29-38-47)43-34-25-17-9-5-13-21-30-39-48)58(55,56)52(44-35-26-18-10-6-14-22-31-40-49)45-36-27-19-11-7-15-23-32-41-50/h46H,2-37,42-45H2,1H3. The monoisotopic (exact) mass is 849 g/mol. The molecule has 0 aromatic carbocycles. The Morgan fingerprint density at radius 1 is 0.345 bits per heavy atom. The van der Waals surface area contributed by atoms with Crippen LogP contribution in [-0.2, 0) is 20.0 Å². The Morgan fingerprint density at radius 3 is 0.793 bits per heavy atom. The molecule has 0 radical (unpaired) electrons. The van der Waals surface area contributed by atoms with E-state index in [0.717, 1.165) is 167 Å². The van der Waals surface area contributed by atoms with Gasteiger partial charge in [0.25, 0.3) is 0 Å². The molecule has 0 amide bonds. The molecule has 0 N–H and O–H groups in total. The summed E-state index contributed by atoms with van der Waals surface area (Å²) in [7, 11) is -8.33. The summed E-state index contributed by atoms with van der Waals surface area (Å²) in [5.74, 6) is 0. The molecule has 0 spiro atoms. The van der Waals surface area contributed by atoms with Crippen molar-refractivity contribution in [2.45, 2.75) is 243 Å². The molecule has 0 aromatic heterocycles. The molecule has 0 bridgehead atoms. The lowest BCUT2D eigenvalue weighted by Gasteiger charge is -2.32. The lowest BCUT2D eigenvalue weighted by atomic mass is 10.1. The van der Waals surface area contributed by atoms with Crippen LogP contribution in [0.4, 0.5) is 0 Å². The molecule has 0 atom stereocenters. The van der Waals surface area contributed by atoms with Crippen molar-refractivity contribution >= 4 is 20.0 Å². The summed E-state index contributed by atoms with van der Waals surface area (Å²) < 4.78 is 60.7. The third-order valence-electron chi connectivity index (χ3n) is 11.2. The smallest absolute Gasteiger partial charge is 0.211 e. The van der Waals surface area contributed by atoms with Crippen LogP contribution < -0.4 is 0 Å². The van der Waals surface area contributed by atoms with Crippen molar-refractivity contribution in [3.05, 3.63) is 0 Å². The first-order valence-electron chi connectivity index (χ1n) is 23.7. The summed E-state index contributed by atoms with van der Waals surface area (Å²) in [6.45, 7) is 3.42. The molecule has 0 rings (SSSR count). The molecule has 0 saturated heterocycles. The maximum atomic E-state index is 14.8. The van der Waals surface area contributed by atoms with Crippen molar-refractivity contribution in [1.82, 2.24) is 8.61 Å². The minimum Gasteiger partial charge on any atom is -0.211 e. The highest BCUT2D eigenvalue weighted by molar-refractivity contribution is 8.07. The van der Waals surface area contributed by atoms with Crippen molar-refractivity contribution in [2.24, 2.45) is 0 Å². The maximum Gasteiger partial charge on any atom is 0.232 e. The number of unbranched alkanes of at least 4 members (excludes halogenated alkanes) is 30. The molecule has 0 fully saturated rings. The molecule has 58 heavy (non-hydrogen) atoms. The number of rotatable bonds is 44. The number of nitrogens with zero attached hydrogens (tertiary/aromatic N) is 6.